The Morgan fingerprint density at radius 3 is 2.81 bits per heavy atom. The molecule has 1 saturated heterocycles. The zero-order valence-corrected chi connectivity index (χ0v) is 10.4. The average Bonchev–Trinajstić information content (AvgIpc) is 2.30. The standard InChI is InChI=1S/C14H22N2/c1-11-9-13(10-15)6-7-14(11)16-8-4-3-5-12(16)2/h6-7,9,12H,3-5,8,10,15H2,1-2H3. The largest absolute Gasteiger partial charge is 0.369 e. The molecule has 1 atom stereocenters. The van der Waals surface area contributed by atoms with Crippen molar-refractivity contribution >= 4 is 5.69 Å². The molecule has 2 heteroatoms. The summed E-state index contributed by atoms with van der Waals surface area (Å²) in [6, 6.07) is 7.29. The van der Waals surface area contributed by atoms with E-state index in [1.807, 2.05) is 0 Å². The fourth-order valence-electron chi connectivity index (χ4n) is 2.62. The molecular weight excluding hydrogens is 196 g/mol. The number of aryl methyl sites for hydroxylation is 1. The molecule has 1 unspecified atom stereocenters. The van der Waals surface area contributed by atoms with Crippen molar-refractivity contribution in [2.75, 3.05) is 11.4 Å². The number of piperidine rings is 1. The summed E-state index contributed by atoms with van der Waals surface area (Å²) < 4.78 is 0. The van der Waals surface area contributed by atoms with Gasteiger partial charge in [0.25, 0.3) is 0 Å². The summed E-state index contributed by atoms with van der Waals surface area (Å²) >= 11 is 0. The minimum absolute atomic E-state index is 0.636. The normalized spacial score (nSPS) is 21.2. The molecule has 1 aromatic carbocycles. The maximum absolute atomic E-state index is 5.66. The van der Waals surface area contributed by atoms with E-state index in [-0.39, 0.29) is 0 Å². The summed E-state index contributed by atoms with van der Waals surface area (Å²) in [4.78, 5) is 2.54. The van der Waals surface area contributed by atoms with Crippen molar-refractivity contribution < 1.29 is 0 Å². The zero-order chi connectivity index (χ0) is 11.5. The third-order valence-corrected chi connectivity index (χ3v) is 3.61. The van der Waals surface area contributed by atoms with Gasteiger partial charge in [0.2, 0.25) is 0 Å². The van der Waals surface area contributed by atoms with E-state index in [4.69, 9.17) is 5.73 Å². The summed E-state index contributed by atoms with van der Waals surface area (Å²) in [6.45, 7) is 6.35. The number of hydrogen-bond acceptors (Lipinski definition) is 2. The Kier molecular flexibility index (Phi) is 3.49. The fraction of sp³-hybridized carbons (Fsp3) is 0.571. The van der Waals surface area contributed by atoms with Crippen LogP contribution in [0.15, 0.2) is 18.2 Å². The van der Waals surface area contributed by atoms with Crippen molar-refractivity contribution in [3.63, 3.8) is 0 Å². The molecule has 0 saturated carbocycles. The minimum Gasteiger partial charge on any atom is -0.369 e. The number of anilines is 1. The third kappa shape index (κ3) is 2.22. The number of rotatable bonds is 2. The van der Waals surface area contributed by atoms with Crippen molar-refractivity contribution in [3.05, 3.63) is 29.3 Å². The van der Waals surface area contributed by atoms with Gasteiger partial charge in [0.15, 0.2) is 0 Å². The van der Waals surface area contributed by atoms with Gasteiger partial charge >= 0.3 is 0 Å². The van der Waals surface area contributed by atoms with Gasteiger partial charge in [-0.25, -0.2) is 0 Å². The molecule has 0 aromatic heterocycles. The molecule has 0 spiro atoms. The molecule has 2 N–H and O–H groups in total. The van der Waals surface area contributed by atoms with Gasteiger partial charge in [-0.2, -0.15) is 0 Å². The van der Waals surface area contributed by atoms with Crippen LogP contribution in [-0.2, 0) is 6.54 Å². The Bertz CT molecular complexity index is 360. The lowest BCUT2D eigenvalue weighted by Gasteiger charge is -2.36. The van der Waals surface area contributed by atoms with Gasteiger partial charge in [-0.15, -0.1) is 0 Å². The summed E-state index contributed by atoms with van der Waals surface area (Å²) in [6.07, 6.45) is 4.01. The minimum atomic E-state index is 0.636. The Morgan fingerprint density at radius 1 is 1.38 bits per heavy atom. The number of nitrogens with two attached hydrogens (primary N) is 1. The molecule has 1 aliphatic heterocycles. The highest BCUT2D eigenvalue weighted by atomic mass is 15.2. The van der Waals surface area contributed by atoms with Gasteiger partial charge < -0.3 is 10.6 Å². The van der Waals surface area contributed by atoms with Crippen LogP contribution in [0.2, 0.25) is 0 Å². The first kappa shape index (κ1) is 11.5. The van der Waals surface area contributed by atoms with Crippen LogP contribution in [0.5, 0.6) is 0 Å². The first-order valence-electron chi connectivity index (χ1n) is 6.28. The highest BCUT2D eigenvalue weighted by Crippen LogP contribution is 2.28. The SMILES string of the molecule is Cc1cc(CN)ccc1N1CCCCC1C. The maximum atomic E-state index is 5.66. The van der Waals surface area contributed by atoms with Gasteiger partial charge in [0.1, 0.15) is 0 Å². The molecule has 16 heavy (non-hydrogen) atoms. The maximum Gasteiger partial charge on any atom is 0.0398 e. The Hall–Kier alpha value is -1.02. The predicted octanol–water partition coefficient (Wildman–Crippen LogP) is 2.83. The monoisotopic (exact) mass is 218 g/mol. The lowest BCUT2D eigenvalue weighted by atomic mass is 10.0. The van der Waals surface area contributed by atoms with Gasteiger partial charge in [-0.3, -0.25) is 0 Å². The van der Waals surface area contributed by atoms with E-state index in [0.29, 0.717) is 12.6 Å². The second-order valence-electron chi connectivity index (χ2n) is 4.86. The van der Waals surface area contributed by atoms with E-state index < -0.39 is 0 Å². The van der Waals surface area contributed by atoms with Gasteiger partial charge in [-0.1, -0.05) is 12.1 Å². The Balaban J connectivity index is 2.25. The van der Waals surface area contributed by atoms with Crippen LogP contribution in [0, 0.1) is 6.92 Å². The average molecular weight is 218 g/mol. The topological polar surface area (TPSA) is 29.3 Å². The van der Waals surface area contributed by atoms with E-state index in [0.717, 1.165) is 0 Å². The van der Waals surface area contributed by atoms with Crippen LogP contribution >= 0.6 is 0 Å². The Morgan fingerprint density at radius 2 is 2.19 bits per heavy atom. The lowest BCUT2D eigenvalue weighted by molar-refractivity contribution is 0.484. The molecule has 1 fully saturated rings. The summed E-state index contributed by atoms with van der Waals surface area (Å²) in [5, 5.41) is 0. The van der Waals surface area contributed by atoms with Gasteiger partial charge in [0, 0.05) is 24.8 Å². The molecule has 2 rings (SSSR count). The van der Waals surface area contributed by atoms with E-state index in [2.05, 4.69) is 36.9 Å². The second kappa shape index (κ2) is 4.88. The molecule has 0 aliphatic carbocycles. The lowest BCUT2D eigenvalue weighted by Crippen LogP contribution is -2.37. The molecular formula is C14H22N2. The predicted molar refractivity (Wildman–Crippen MR) is 69.7 cm³/mol. The van der Waals surface area contributed by atoms with Crippen LogP contribution in [0.1, 0.15) is 37.3 Å². The van der Waals surface area contributed by atoms with Crippen molar-refractivity contribution in [2.24, 2.45) is 5.73 Å². The highest BCUT2D eigenvalue weighted by Gasteiger charge is 2.19. The number of hydrogen-bond donors (Lipinski definition) is 1. The smallest absolute Gasteiger partial charge is 0.0398 e. The highest BCUT2D eigenvalue weighted by molar-refractivity contribution is 5.55. The summed E-state index contributed by atoms with van der Waals surface area (Å²) in [7, 11) is 0. The zero-order valence-electron chi connectivity index (χ0n) is 10.4. The van der Waals surface area contributed by atoms with Crippen molar-refractivity contribution in [1.29, 1.82) is 0 Å². The number of nitrogens with zero attached hydrogens (tertiary/aromatic N) is 1. The molecule has 0 bridgehead atoms. The fourth-order valence-corrected chi connectivity index (χ4v) is 2.62. The van der Waals surface area contributed by atoms with Crippen molar-refractivity contribution in [2.45, 2.75) is 45.7 Å². The van der Waals surface area contributed by atoms with Crippen LogP contribution in [0.25, 0.3) is 0 Å². The van der Waals surface area contributed by atoms with Gasteiger partial charge in [0.05, 0.1) is 0 Å². The van der Waals surface area contributed by atoms with E-state index in [9.17, 15) is 0 Å². The summed E-state index contributed by atoms with van der Waals surface area (Å²) in [5.41, 5.74) is 9.64. The molecule has 2 nitrogen and oxygen atoms in total. The van der Waals surface area contributed by atoms with Crippen LogP contribution < -0.4 is 10.6 Å². The van der Waals surface area contributed by atoms with Gasteiger partial charge in [-0.05, 0) is 50.3 Å². The van der Waals surface area contributed by atoms with Crippen LogP contribution in [0.4, 0.5) is 5.69 Å². The molecule has 0 radical (unpaired) electrons. The second-order valence-corrected chi connectivity index (χ2v) is 4.86. The summed E-state index contributed by atoms with van der Waals surface area (Å²) in [5.74, 6) is 0. The first-order chi connectivity index (χ1) is 7.72. The molecule has 1 aromatic rings. The first-order valence-corrected chi connectivity index (χ1v) is 6.28. The van der Waals surface area contributed by atoms with Crippen molar-refractivity contribution in [3.8, 4) is 0 Å². The molecule has 88 valence electrons. The molecule has 1 heterocycles. The number of benzene rings is 1. The van der Waals surface area contributed by atoms with E-state index >= 15 is 0 Å². The van der Waals surface area contributed by atoms with E-state index in [1.165, 1.54) is 42.6 Å². The Labute approximate surface area is 98.4 Å². The van der Waals surface area contributed by atoms with Crippen LogP contribution in [-0.4, -0.2) is 12.6 Å². The molecule has 1 aliphatic rings. The van der Waals surface area contributed by atoms with E-state index in [1.54, 1.807) is 0 Å². The quantitative estimate of drug-likeness (QED) is 0.827. The van der Waals surface area contributed by atoms with Crippen molar-refractivity contribution in [1.82, 2.24) is 0 Å². The van der Waals surface area contributed by atoms with Crippen LogP contribution in [0.3, 0.4) is 0 Å². The third-order valence-electron chi connectivity index (χ3n) is 3.61. The molecule has 0 amide bonds.